The zero-order valence-electron chi connectivity index (χ0n) is 9.89. The second-order valence-corrected chi connectivity index (χ2v) is 4.00. The lowest BCUT2D eigenvalue weighted by Crippen LogP contribution is -2.21. The number of nitrogens with zero attached hydrogens (tertiary/aromatic N) is 2. The van der Waals surface area contributed by atoms with Crippen LogP contribution in [0.5, 0.6) is 0 Å². The molecule has 0 saturated heterocycles. The highest BCUT2D eigenvalue weighted by molar-refractivity contribution is 5.24. The Morgan fingerprint density at radius 1 is 1.43 bits per heavy atom. The first-order valence-corrected chi connectivity index (χ1v) is 5.22. The maximum absolute atomic E-state index is 4.41. The van der Waals surface area contributed by atoms with Gasteiger partial charge in [-0.25, -0.2) is 0 Å². The summed E-state index contributed by atoms with van der Waals surface area (Å²) >= 11 is 0. The maximum atomic E-state index is 4.41. The van der Waals surface area contributed by atoms with Crippen LogP contribution in [0.1, 0.15) is 30.3 Å². The van der Waals surface area contributed by atoms with E-state index in [1.807, 2.05) is 18.8 Å². The molecule has 0 bridgehead atoms. The molecule has 1 atom stereocenters. The van der Waals surface area contributed by atoms with Gasteiger partial charge in [0.05, 0.1) is 5.69 Å². The topological polar surface area (TPSA) is 29.9 Å². The van der Waals surface area contributed by atoms with Gasteiger partial charge in [-0.05, 0) is 46.2 Å². The molecule has 1 N–H and O–H groups in total. The average Bonchev–Trinajstić information content (AvgIpc) is 2.39. The molecule has 0 radical (unpaired) electrons. The molecule has 0 aliphatic heterocycles. The number of hydrogen-bond donors (Lipinski definition) is 1. The lowest BCUT2D eigenvalue weighted by atomic mass is 10.0. The van der Waals surface area contributed by atoms with Crippen LogP contribution in [0.4, 0.5) is 0 Å². The normalized spacial score (nSPS) is 13.2. The van der Waals surface area contributed by atoms with Crippen molar-refractivity contribution in [1.82, 2.24) is 15.1 Å². The Hall–Kier alpha value is -0.830. The SMILES string of the molecule is CNC(C)CCc1c(C)nn(C)c1C. The molecule has 1 rings (SSSR count). The molecule has 1 aromatic heterocycles. The standard InChI is InChI=1S/C11H21N3/c1-8(12-4)6-7-11-9(2)13-14(5)10(11)3/h8,12H,6-7H2,1-5H3. The molecule has 0 aliphatic rings. The van der Waals surface area contributed by atoms with E-state index in [2.05, 4.69) is 31.2 Å². The molecule has 1 heterocycles. The van der Waals surface area contributed by atoms with Crippen LogP contribution in [0, 0.1) is 13.8 Å². The molecule has 3 heteroatoms. The highest BCUT2D eigenvalue weighted by atomic mass is 15.3. The molecule has 0 aromatic carbocycles. The first-order valence-electron chi connectivity index (χ1n) is 5.22. The van der Waals surface area contributed by atoms with Crippen molar-refractivity contribution >= 4 is 0 Å². The van der Waals surface area contributed by atoms with E-state index in [1.165, 1.54) is 23.4 Å². The zero-order valence-corrected chi connectivity index (χ0v) is 9.89. The molecule has 0 amide bonds. The van der Waals surface area contributed by atoms with Crippen molar-refractivity contribution in [3.8, 4) is 0 Å². The van der Waals surface area contributed by atoms with Gasteiger partial charge in [0.1, 0.15) is 0 Å². The van der Waals surface area contributed by atoms with Crippen molar-refractivity contribution in [1.29, 1.82) is 0 Å². The quantitative estimate of drug-likeness (QED) is 0.790. The number of aromatic nitrogens is 2. The Morgan fingerprint density at radius 3 is 2.50 bits per heavy atom. The predicted octanol–water partition coefficient (Wildman–Crippen LogP) is 1.58. The second kappa shape index (κ2) is 4.60. The fourth-order valence-electron chi connectivity index (χ4n) is 1.68. The molecule has 0 aliphatic carbocycles. The molecular weight excluding hydrogens is 174 g/mol. The summed E-state index contributed by atoms with van der Waals surface area (Å²) in [4.78, 5) is 0. The van der Waals surface area contributed by atoms with Crippen molar-refractivity contribution in [2.24, 2.45) is 7.05 Å². The molecule has 80 valence electrons. The van der Waals surface area contributed by atoms with Gasteiger partial charge < -0.3 is 5.32 Å². The van der Waals surface area contributed by atoms with E-state index in [1.54, 1.807) is 0 Å². The van der Waals surface area contributed by atoms with Crippen LogP contribution in [0.3, 0.4) is 0 Å². The van der Waals surface area contributed by atoms with E-state index >= 15 is 0 Å². The average molecular weight is 195 g/mol. The molecule has 0 spiro atoms. The Morgan fingerprint density at radius 2 is 2.07 bits per heavy atom. The van der Waals surface area contributed by atoms with Crippen LogP contribution in [-0.2, 0) is 13.5 Å². The molecule has 1 aromatic rings. The van der Waals surface area contributed by atoms with E-state index in [0.717, 1.165) is 6.42 Å². The third-order valence-corrected chi connectivity index (χ3v) is 2.98. The van der Waals surface area contributed by atoms with Crippen LogP contribution in [0.2, 0.25) is 0 Å². The van der Waals surface area contributed by atoms with Gasteiger partial charge in [-0.3, -0.25) is 4.68 Å². The van der Waals surface area contributed by atoms with Crippen molar-refractivity contribution in [3.63, 3.8) is 0 Å². The van der Waals surface area contributed by atoms with E-state index in [9.17, 15) is 0 Å². The van der Waals surface area contributed by atoms with Crippen molar-refractivity contribution in [2.45, 2.75) is 39.7 Å². The van der Waals surface area contributed by atoms with Gasteiger partial charge in [0, 0.05) is 18.8 Å². The number of hydrogen-bond acceptors (Lipinski definition) is 2. The summed E-state index contributed by atoms with van der Waals surface area (Å²) in [5, 5.41) is 7.66. The summed E-state index contributed by atoms with van der Waals surface area (Å²) < 4.78 is 1.97. The summed E-state index contributed by atoms with van der Waals surface area (Å²) in [5.74, 6) is 0. The van der Waals surface area contributed by atoms with Crippen molar-refractivity contribution in [3.05, 3.63) is 17.0 Å². The van der Waals surface area contributed by atoms with Gasteiger partial charge in [-0.15, -0.1) is 0 Å². The van der Waals surface area contributed by atoms with Gasteiger partial charge in [0.25, 0.3) is 0 Å². The predicted molar refractivity (Wildman–Crippen MR) is 59.5 cm³/mol. The van der Waals surface area contributed by atoms with E-state index in [0.29, 0.717) is 6.04 Å². The minimum absolute atomic E-state index is 0.578. The molecule has 0 saturated carbocycles. The van der Waals surface area contributed by atoms with E-state index < -0.39 is 0 Å². The van der Waals surface area contributed by atoms with Gasteiger partial charge in [-0.1, -0.05) is 0 Å². The fraction of sp³-hybridized carbons (Fsp3) is 0.727. The maximum Gasteiger partial charge on any atom is 0.0628 e. The number of nitrogens with one attached hydrogen (secondary N) is 1. The molecular formula is C11H21N3. The minimum Gasteiger partial charge on any atom is -0.317 e. The third kappa shape index (κ3) is 2.35. The van der Waals surface area contributed by atoms with Crippen LogP contribution >= 0.6 is 0 Å². The lowest BCUT2D eigenvalue weighted by Gasteiger charge is -2.09. The number of aryl methyl sites for hydroxylation is 2. The monoisotopic (exact) mass is 195 g/mol. The number of rotatable bonds is 4. The first kappa shape index (κ1) is 11.2. The summed E-state index contributed by atoms with van der Waals surface area (Å²) in [6.07, 6.45) is 2.29. The smallest absolute Gasteiger partial charge is 0.0628 e. The molecule has 1 unspecified atom stereocenters. The molecule has 3 nitrogen and oxygen atoms in total. The third-order valence-electron chi connectivity index (χ3n) is 2.98. The lowest BCUT2D eigenvalue weighted by molar-refractivity contribution is 0.563. The largest absolute Gasteiger partial charge is 0.317 e. The second-order valence-electron chi connectivity index (χ2n) is 4.00. The van der Waals surface area contributed by atoms with E-state index in [-0.39, 0.29) is 0 Å². The molecule has 14 heavy (non-hydrogen) atoms. The van der Waals surface area contributed by atoms with Gasteiger partial charge in [0.15, 0.2) is 0 Å². The first-order chi connectivity index (χ1) is 6.56. The molecule has 0 fully saturated rings. The van der Waals surface area contributed by atoms with E-state index in [4.69, 9.17) is 0 Å². The van der Waals surface area contributed by atoms with Gasteiger partial charge in [-0.2, -0.15) is 5.10 Å². The Bertz CT molecular complexity index is 302. The van der Waals surface area contributed by atoms with Gasteiger partial charge >= 0.3 is 0 Å². The van der Waals surface area contributed by atoms with Crippen molar-refractivity contribution in [2.75, 3.05) is 7.05 Å². The Balaban J connectivity index is 2.67. The van der Waals surface area contributed by atoms with Crippen LogP contribution in [0.15, 0.2) is 0 Å². The zero-order chi connectivity index (χ0) is 10.7. The summed E-state index contributed by atoms with van der Waals surface area (Å²) in [6, 6.07) is 0.578. The van der Waals surface area contributed by atoms with Crippen LogP contribution < -0.4 is 5.32 Å². The summed E-state index contributed by atoms with van der Waals surface area (Å²) in [6.45, 7) is 6.44. The van der Waals surface area contributed by atoms with Crippen molar-refractivity contribution < 1.29 is 0 Å². The minimum atomic E-state index is 0.578. The summed E-state index contributed by atoms with van der Waals surface area (Å²) in [5.41, 5.74) is 3.88. The summed E-state index contributed by atoms with van der Waals surface area (Å²) in [7, 11) is 4.01. The fourth-order valence-corrected chi connectivity index (χ4v) is 1.68. The van der Waals surface area contributed by atoms with Crippen LogP contribution in [-0.4, -0.2) is 22.9 Å². The van der Waals surface area contributed by atoms with Crippen LogP contribution in [0.25, 0.3) is 0 Å². The highest BCUT2D eigenvalue weighted by Crippen LogP contribution is 2.14. The Labute approximate surface area is 86.5 Å². The highest BCUT2D eigenvalue weighted by Gasteiger charge is 2.09. The Kier molecular flexibility index (Phi) is 3.69. The van der Waals surface area contributed by atoms with Gasteiger partial charge in [0.2, 0.25) is 0 Å².